The first-order chi connectivity index (χ1) is 9.51. The fraction of sp³-hybridized carbons (Fsp3) is 0.214. The Bertz CT molecular complexity index is 639. The number of hydrogen-bond acceptors (Lipinski definition) is 3. The Labute approximate surface area is 124 Å². The highest BCUT2D eigenvalue weighted by Gasteiger charge is 2.16. The van der Waals surface area contributed by atoms with Crippen molar-refractivity contribution in [2.75, 3.05) is 0 Å². The number of carboxylic acids is 1. The molecule has 0 amide bonds. The lowest BCUT2D eigenvalue weighted by Crippen LogP contribution is -2.00. The highest BCUT2D eigenvalue weighted by Crippen LogP contribution is 2.31. The Balaban J connectivity index is 2.18. The van der Waals surface area contributed by atoms with E-state index in [0.29, 0.717) is 11.3 Å². The normalized spacial score (nSPS) is 10.6. The van der Waals surface area contributed by atoms with Crippen molar-refractivity contribution in [3.8, 4) is 5.75 Å². The highest BCUT2D eigenvalue weighted by atomic mass is 35.5. The third-order valence-corrected chi connectivity index (χ3v) is 4.29. The minimum absolute atomic E-state index is 0.0965. The first-order valence-electron chi connectivity index (χ1n) is 5.94. The van der Waals surface area contributed by atoms with Gasteiger partial charge in [0.05, 0.1) is 5.02 Å². The summed E-state index contributed by atoms with van der Waals surface area (Å²) in [7, 11) is 0. The summed E-state index contributed by atoms with van der Waals surface area (Å²) in [4.78, 5) is 12.2. The molecular weight excluding hydrogens is 303 g/mol. The van der Waals surface area contributed by atoms with Gasteiger partial charge in [-0.05, 0) is 24.6 Å². The topological polar surface area (TPSA) is 46.5 Å². The number of rotatable bonds is 5. The van der Waals surface area contributed by atoms with Crippen molar-refractivity contribution >= 4 is 28.9 Å². The third-order valence-electron chi connectivity index (χ3n) is 2.69. The standard InChI is InChI=1S/C14H12ClFO3S/c1-2-10-6-12(13(20-10)14(17)18)19-7-8-3-4-9(16)5-11(8)15/h3-6H,2,7H2,1H3,(H,17,18). The van der Waals surface area contributed by atoms with Crippen LogP contribution in [0.15, 0.2) is 24.3 Å². The molecule has 0 bridgehead atoms. The third kappa shape index (κ3) is 3.29. The van der Waals surface area contributed by atoms with Crippen molar-refractivity contribution in [3.63, 3.8) is 0 Å². The van der Waals surface area contributed by atoms with E-state index in [0.717, 1.165) is 11.3 Å². The van der Waals surface area contributed by atoms with Crippen LogP contribution in [-0.2, 0) is 13.0 Å². The predicted molar refractivity (Wildman–Crippen MR) is 76.4 cm³/mol. The van der Waals surface area contributed by atoms with Gasteiger partial charge in [0, 0.05) is 10.4 Å². The summed E-state index contributed by atoms with van der Waals surface area (Å²) in [5.74, 6) is -1.12. The minimum Gasteiger partial charge on any atom is -0.487 e. The van der Waals surface area contributed by atoms with Gasteiger partial charge >= 0.3 is 5.97 Å². The molecule has 0 saturated heterocycles. The molecular formula is C14H12ClFO3S. The van der Waals surface area contributed by atoms with Crippen LogP contribution in [0.25, 0.3) is 0 Å². The van der Waals surface area contributed by atoms with Crippen LogP contribution in [0.2, 0.25) is 5.02 Å². The molecule has 1 N–H and O–H groups in total. The molecule has 20 heavy (non-hydrogen) atoms. The van der Waals surface area contributed by atoms with Crippen LogP contribution in [0.5, 0.6) is 5.75 Å². The molecule has 1 aromatic heterocycles. The molecule has 0 unspecified atom stereocenters. The number of halogens is 2. The zero-order valence-electron chi connectivity index (χ0n) is 10.7. The fourth-order valence-corrected chi connectivity index (χ4v) is 2.75. The van der Waals surface area contributed by atoms with E-state index in [4.69, 9.17) is 21.4 Å². The Morgan fingerprint density at radius 2 is 2.20 bits per heavy atom. The first kappa shape index (κ1) is 14.8. The summed E-state index contributed by atoms with van der Waals surface area (Å²) in [5.41, 5.74) is 0.605. The van der Waals surface area contributed by atoms with Gasteiger partial charge in [-0.2, -0.15) is 0 Å². The van der Waals surface area contributed by atoms with Crippen LogP contribution in [0.3, 0.4) is 0 Å². The molecule has 3 nitrogen and oxygen atoms in total. The van der Waals surface area contributed by atoms with Crippen molar-refractivity contribution in [1.82, 2.24) is 0 Å². The van der Waals surface area contributed by atoms with Gasteiger partial charge < -0.3 is 9.84 Å². The van der Waals surface area contributed by atoms with E-state index in [9.17, 15) is 9.18 Å². The molecule has 2 aromatic rings. The van der Waals surface area contributed by atoms with Gasteiger partial charge in [-0.1, -0.05) is 24.6 Å². The SMILES string of the molecule is CCc1cc(OCc2ccc(F)cc2Cl)c(C(=O)O)s1. The second kappa shape index (κ2) is 6.24. The predicted octanol–water partition coefficient (Wildman–Crippen LogP) is 4.38. The zero-order valence-corrected chi connectivity index (χ0v) is 12.2. The van der Waals surface area contributed by atoms with Gasteiger partial charge in [-0.15, -0.1) is 11.3 Å². The molecule has 0 atom stereocenters. The lowest BCUT2D eigenvalue weighted by Gasteiger charge is -2.07. The van der Waals surface area contributed by atoms with Gasteiger partial charge in [0.15, 0.2) is 4.88 Å². The number of ether oxygens (including phenoxy) is 1. The number of thiophene rings is 1. The molecule has 1 aromatic carbocycles. The Hall–Kier alpha value is -1.59. The van der Waals surface area contributed by atoms with E-state index >= 15 is 0 Å². The molecule has 0 fully saturated rings. The van der Waals surface area contributed by atoms with Crippen LogP contribution in [-0.4, -0.2) is 11.1 Å². The van der Waals surface area contributed by atoms with Gasteiger partial charge in [-0.3, -0.25) is 0 Å². The maximum Gasteiger partial charge on any atom is 0.349 e. The Kier molecular flexibility index (Phi) is 4.62. The smallest absolute Gasteiger partial charge is 0.349 e. The molecule has 106 valence electrons. The molecule has 0 aliphatic heterocycles. The molecule has 6 heteroatoms. The molecule has 0 spiro atoms. The zero-order chi connectivity index (χ0) is 14.7. The molecule has 0 aliphatic carbocycles. The second-order valence-corrected chi connectivity index (χ2v) is 5.63. The van der Waals surface area contributed by atoms with E-state index in [1.54, 1.807) is 6.07 Å². The number of aryl methyl sites for hydroxylation is 1. The monoisotopic (exact) mass is 314 g/mol. The van der Waals surface area contributed by atoms with Gasteiger partial charge in [0.1, 0.15) is 18.2 Å². The van der Waals surface area contributed by atoms with Crippen molar-refractivity contribution in [2.24, 2.45) is 0 Å². The van der Waals surface area contributed by atoms with E-state index < -0.39 is 11.8 Å². The van der Waals surface area contributed by atoms with Crippen LogP contribution in [0, 0.1) is 5.82 Å². The first-order valence-corrected chi connectivity index (χ1v) is 7.13. The summed E-state index contributed by atoms with van der Waals surface area (Å²) < 4.78 is 18.4. The Morgan fingerprint density at radius 1 is 1.45 bits per heavy atom. The summed E-state index contributed by atoms with van der Waals surface area (Å²) in [5, 5.41) is 9.37. The van der Waals surface area contributed by atoms with Gasteiger partial charge in [-0.25, -0.2) is 9.18 Å². The van der Waals surface area contributed by atoms with E-state index in [-0.39, 0.29) is 16.5 Å². The summed E-state index contributed by atoms with van der Waals surface area (Å²) >= 11 is 7.09. The maximum atomic E-state index is 12.9. The summed E-state index contributed by atoms with van der Waals surface area (Å²) in [6, 6.07) is 5.72. The number of carboxylic acid groups (broad SMARTS) is 1. The number of benzene rings is 1. The molecule has 0 saturated carbocycles. The Morgan fingerprint density at radius 3 is 2.80 bits per heavy atom. The van der Waals surface area contributed by atoms with E-state index in [1.165, 1.54) is 29.5 Å². The number of carbonyl (C=O) groups is 1. The average Bonchev–Trinajstić information content (AvgIpc) is 2.81. The average molecular weight is 315 g/mol. The van der Waals surface area contributed by atoms with Crippen LogP contribution in [0.1, 0.15) is 27.0 Å². The summed E-state index contributed by atoms with van der Waals surface area (Å²) in [6.45, 7) is 2.04. The van der Waals surface area contributed by atoms with Crippen molar-refractivity contribution in [2.45, 2.75) is 20.0 Å². The lowest BCUT2D eigenvalue weighted by atomic mass is 10.2. The number of aromatic carboxylic acids is 1. The second-order valence-electron chi connectivity index (χ2n) is 4.09. The minimum atomic E-state index is -1.02. The fourth-order valence-electron chi connectivity index (χ4n) is 1.65. The number of hydrogen-bond donors (Lipinski definition) is 1. The molecule has 1 heterocycles. The summed E-state index contributed by atoms with van der Waals surface area (Å²) in [6.07, 6.45) is 0.742. The van der Waals surface area contributed by atoms with Crippen LogP contribution < -0.4 is 4.74 Å². The van der Waals surface area contributed by atoms with Crippen molar-refractivity contribution in [3.05, 3.63) is 50.4 Å². The van der Waals surface area contributed by atoms with Gasteiger partial charge in [0.25, 0.3) is 0 Å². The van der Waals surface area contributed by atoms with E-state index in [2.05, 4.69) is 0 Å². The van der Waals surface area contributed by atoms with Crippen molar-refractivity contribution in [1.29, 1.82) is 0 Å². The van der Waals surface area contributed by atoms with E-state index in [1.807, 2.05) is 6.92 Å². The van der Waals surface area contributed by atoms with Crippen LogP contribution in [0.4, 0.5) is 4.39 Å². The van der Waals surface area contributed by atoms with Gasteiger partial charge in [0.2, 0.25) is 0 Å². The van der Waals surface area contributed by atoms with Crippen molar-refractivity contribution < 1.29 is 19.0 Å². The largest absolute Gasteiger partial charge is 0.487 e. The highest BCUT2D eigenvalue weighted by molar-refractivity contribution is 7.14. The quantitative estimate of drug-likeness (QED) is 0.890. The van der Waals surface area contributed by atoms with Crippen LogP contribution >= 0.6 is 22.9 Å². The lowest BCUT2D eigenvalue weighted by molar-refractivity contribution is 0.0697. The molecule has 0 radical (unpaired) electrons. The molecule has 2 rings (SSSR count). The maximum absolute atomic E-state index is 12.9. The molecule has 0 aliphatic rings.